The molecule has 2 heterocycles. The first-order valence-electron chi connectivity index (χ1n) is 6.34. The number of rotatable bonds is 4. The van der Waals surface area contributed by atoms with Crippen molar-refractivity contribution in [1.29, 1.82) is 0 Å². The Balaban J connectivity index is 1.81. The van der Waals surface area contributed by atoms with E-state index in [9.17, 15) is 4.79 Å². The monoisotopic (exact) mass is 263 g/mol. The van der Waals surface area contributed by atoms with Crippen molar-refractivity contribution in [2.75, 3.05) is 0 Å². The maximum atomic E-state index is 12.1. The minimum absolute atomic E-state index is 0.0331. The van der Waals surface area contributed by atoms with E-state index in [2.05, 4.69) is 10.1 Å². The molecule has 7 heteroatoms. The summed E-state index contributed by atoms with van der Waals surface area (Å²) >= 11 is 0. The first-order chi connectivity index (χ1) is 8.95. The number of nitrogens with two attached hydrogens (primary N) is 1. The van der Waals surface area contributed by atoms with Crippen molar-refractivity contribution < 1.29 is 4.52 Å². The maximum absolute atomic E-state index is 12.1. The molecule has 1 saturated carbocycles. The summed E-state index contributed by atoms with van der Waals surface area (Å²) in [6, 6.07) is 0.370. The molecule has 0 aliphatic heterocycles. The van der Waals surface area contributed by atoms with Crippen LogP contribution in [0.5, 0.6) is 0 Å². The third kappa shape index (κ3) is 2.33. The maximum Gasteiger partial charge on any atom is 0.328 e. The number of hydrogen-bond acceptors (Lipinski definition) is 5. The number of hydrogen-bond donors (Lipinski definition) is 1. The van der Waals surface area contributed by atoms with Crippen LogP contribution in [0.25, 0.3) is 0 Å². The fourth-order valence-corrected chi connectivity index (χ4v) is 1.91. The third-order valence-electron chi connectivity index (χ3n) is 3.16. The highest BCUT2D eigenvalue weighted by Crippen LogP contribution is 2.33. The van der Waals surface area contributed by atoms with Gasteiger partial charge in [0.05, 0.1) is 5.54 Å². The van der Waals surface area contributed by atoms with Gasteiger partial charge in [-0.25, -0.2) is 4.79 Å². The molecule has 0 saturated heterocycles. The predicted octanol–water partition coefficient (Wildman–Crippen LogP) is 0.610. The summed E-state index contributed by atoms with van der Waals surface area (Å²) in [5.41, 5.74) is 5.21. The van der Waals surface area contributed by atoms with Crippen molar-refractivity contribution in [3.05, 3.63) is 34.6 Å². The first kappa shape index (κ1) is 12.2. The molecule has 0 atom stereocenters. The van der Waals surface area contributed by atoms with Gasteiger partial charge in [-0.15, -0.1) is 0 Å². The van der Waals surface area contributed by atoms with Crippen LogP contribution in [0.4, 0.5) is 0 Å². The third-order valence-corrected chi connectivity index (χ3v) is 3.16. The van der Waals surface area contributed by atoms with Gasteiger partial charge in [-0.05, 0) is 26.7 Å². The fraction of sp³-hybridized carbons (Fsp3) is 0.583. The van der Waals surface area contributed by atoms with Gasteiger partial charge < -0.3 is 10.3 Å². The standard InChI is InChI=1S/C12H17N5O2/c1-12(2,13)10-14-9(19-15-10)7-16-5-6-17(11(16)18)8-3-4-8/h5-6,8H,3-4,7,13H2,1-2H3. The zero-order valence-electron chi connectivity index (χ0n) is 11.0. The van der Waals surface area contributed by atoms with Gasteiger partial charge in [-0.1, -0.05) is 5.16 Å². The lowest BCUT2D eigenvalue weighted by molar-refractivity contribution is 0.353. The van der Waals surface area contributed by atoms with E-state index < -0.39 is 5.54 Å². The molecule has 2 aromatic rings. The number of imidazole rings is 1. The Labute approximate surface area is 110 Å². The van der Waals surface area contributed by atoms with E-state index in [0.717, 1.165) is 12.8 Å². The lowest BCUT2D eigenvalue weighted by Gasteiger charge is -2.11. The largest absolute Gasteiger partial charge is 0.337 e. The van der Waals surface area contributed by atoms with E-state index in [-0.39, 0.29) is 12.2 Å². The molecule has 19 heavy (non-hydrogen) atoms. The van der Waals surface area contributed by atoms with Crippen LogP contribution in [-0.2, 0) is 12.1 Å². The van der Waals surface area contributed by atoms with E-state index in [1.807, 2.05) is 6.20 Å². The van der Waals surface area contributed by atoms with Gasteiger partial charge in [-0.2, -0.15) is 4.98 Å². The van der Waals surface area contributed by atoms with Crippen LogP contribution in [0, 0.1) is 0 Å². The quantitative estimate of drug-likeness (QED) is 0.872. The van der Waals surface area contributed by atoms with Crippen LogP contribution in [0.1, 0.15) is 44.4 Å². The van der Waals surface area contributed by atoms with Gasteiger partial charge in [-0.3, -0.25) is 9.13 Å². The molecule has 1 aliphatic carbocycles. The minimum atomic E-state index is -0.646. The van der Waals surface area contributed by atoms with Crippen LogP contribution < -0.4 is 11.4 Å². The van der Waals surface area contributed by atoms with Crippen LogP contribution in [-0.4, -0.2) is 19.3 Å². The molecular weight excluding hydrogens is 246 g/mol. The van der Waals surface area contributed by atoms with E-state index in [0.29, 0.717) is 17.8 Å². The lowest BCUT2D eigenvalue weighted by atomic mass is 10.1. The molecule has 102 valence electrons. The first-order valence-corrected chi connectivity index (χ1v) is 6.34. The Morgan fingerprint density at radius 2 is 2.21 bits per heavy atom. The molecule has 0 unspecified atom stereocenters. The Hall–Kier alpha value is -1.89. The van der Waals surface area contributed by atoms with E-state index in [1.54, 1.807) is 29.2 Å². The Morgan fingerprint density at radius 3 is 2.79 bits per heavy atom. The molecule has 3 rings (SSSR count). The molecule has 0 aromatic carbocycles. The highest BCUT2D eigenvalue weighted by Gasteiger charge is 2.26. The minimum Gasteiger partial charge on any atom is -0.337 e. The molecule has 1 aliphatic rings. The summed E-state index contributed by atoms with van der Waals surface area (Å²) in [5, 5.41) is 3.83. The van der Waals surface area contributed by atoms with Crippen LogP contribution >= 0.6 is 0 Å². The van der Waals surface area contributed by atoms with E-state index in [1.165, 1.54) is 0 Å². The molecule has 2 aromatic heterocycles. The number of aromatic nitrogens is 4. The van der Waals surface area contributed by atoms with Crippen LogP contribution in [0.15, 0.2) is 21.7 Å². The van der Waals surface area contributed by atoms with Gasteiger partial charge in [0, 0.05) is 18.4 Å². The van der Waals surface area contributed by atoms with E-state index in [4.69, 9.17) is 10.3 Å². The second kappa shape index (κ2) is 4.06. The second-order valence-corrected chi connectivity index (χ2v) is 5.58. The summed E-state index contributed by atoms with van der Waals surface area (Å²) in [5.74, 6) is 0.835. The predicted molar refractivity (Wildman–Crippen MR) is 67.6 cm³/mol. The SMILES string of the molecule is CC(C)(N)c1noc(Cn2ccn(C3CC3)c2=O)n1. The Kier molecular flexibility index (Phi) is 2.60. The molecule has 7 nitrogen and oxygen atoms in total. The van der Waals surface area contributed by atoms with Crippen molar-refractivity contribution >= 4 is 0 Å². The van der Waals surface area contributed by atoms with Crippen molar-refractivity contribution in [2.24, 2.45) is 5.73 Å². The lowest BCUT2D eigenvalue weighted by Crippen LogP contribution is -2.30. The summed E-state index contributed by atoms with van der Waals surface area (Å²) in [4.78, 5) is 16.3. The summed E-state index contributed by atoms with van der Waals surface area (Å²) in [7, 11) is 0. The van der Waals surface area contributed by atoms with Crippen molar-refractivity contribution in [3.63, 3.8) is 0 Å². The second-order valence-electron chi connectivity index (χ2n) is 5.58. The summed E-state index contributed by atoms with van der Waals surface area (Å²) in [6.07, 6.45) is 5.72. The zero-order chi connectivity index (χ0) is 13.6. The smallest absolute Gasteiger partial charge is 0.328 e. The Bertz CT molecular complexity index is 642. The fourth-order valence-electron chi connectivity index (χ4n) is 1.91. The van der Waals surface area contributed by atoms with Crippen molar-refractivity contribution in [1.82, 2.24) is 19.3 Å². The molecule has 1 fully saturated rings. The van der Waals surface area contributed by atoms with Crippen molar-refractivity contribution in [2.45, 2.75) is 44.8 Å². The molecule has 0 amide bonds. The van der Waals surface area contributed by atoms with Gasteiger partial charge in [0.1, 0.15) is 6.54 Å². The average Bonchev–Trinajstić information content (AvgIpc) is 2.93. The molecule has 0 radical (unpaired) electrons. The molecule has 0 spiro atoms. The highest BCUT2D eigenvalue weighted by atomic mass is 16.5. The summed E-state index contributed by atoms with van der Waals surface area (Å²) < 4.78 is 8.45. The topological polar surface area (TPSA) is 91.9 Å². The normalized spacial score (nSPS) is 15.9. The number of nitrogens with zero attached hydrogens (tertiary/aromatic N) is 4. The summed E-state index contributed by atoms with van der Waals surface area (Å²) in [6.45, 7) is 3.89. The van der Waals surface area contributed by atoms with Gasteiger partial charge in [0.25, 0.3) is 0 Å². The highest BCUT2D eigenvalue weighted by molar-refractivity contribution is 5.00. The molecular formula is C12H17N5O2. The zero-order valence-corrected chi connectivity index (χ0v) is 11.0. The van der Waals surface area contributed by atoms with Gasteiger partial charge >= 0.3 is 5.69 Å². The average molecular weight is 263 g/mol. The van der Waals surface area contributed by atoms with Crippen LogP contribution in [0.3, 0.4) is 0 Å². The van der Waals surface area contributed by atoms with Gasteiger partial charge in [0.15, 0.2) is 5.82 Å². The molecule has 0 bridgehead atoms. The van der Waals surface area contributed by atoms with E-state index >= 15 is 0 Å². The Morgan fingerprint density at radius 1 is 1.47 bits per heavy atom. The van der Waals surface area contributed by atoms with Gasteiger partial charge in [0.2, 0.25) is 5.89 Å². The molecule has 2 N–H and O–H groups in total. The van der Waals surface area contributed by atoms with Crippen molar-refractivity contribution in [3.8, 4) is 0 Å². The van der Waals surface area contributed by atoms with Crippen LogP contribution in [0.2, 0.25) is 0 Å².